The lowest BCUT2D eigenvalue weighted by Gasteiger charge is -1.97. The number of amides is 1. The maximum absolute atomic E-state index is 11.6. The first-order valence-electron chi connectivity index (χ1n) is 5.95. The summed E-state index contributed by atoms with van der Waals surface area (Å²) in [4.78, 5) is 14.5. The second-order valence-electron chi connectivity index (χ2n) is 4.01. The number of nitrogens with zero attached hydrogens (tertiary/aromatic N) is 1. The van der Waals surface area contributed by atoms with Gasteiger partial charge in [0.15, 0.2) is 0 Å². The minimum atomic E-state index is -0.248. The number of H-pyrrole nitrogens is 1. The Morgan fingerprint density at radius 2 is 2.16 bits per heavy atom. The number of benzene rings is 1. The van der Waals surface area contributed by atoms with Gasteiger partial charge in [-0.2, -0.15) is 5.10 Å². The van der Waals surface area contributed by atoms with E-state index in [9.17, 15) is 4.79 Å². The van der Waals surface area contributed by atoms with Gasteiger partial charge in [0.1, 0.15) is 5.69 Å². The maximum atomic E-state index is 11.6. The van der Waals surface area contributed by atoms with Crippen molar-refractivity contribution in [1.82, 2.24) is 10.4 Å². The monoisotopic (exact) mass is 319 g/mol. The highest BCUT2D eigenvalue weighted by molar-refractivity contribution is 9.10. The third-order valence-electron chi connectivity index (χ3n) is 2.55. The molecule has 0 aliphatic heterocycles. The molecule has 0 bridgehead atoms. The van der Waals surface area contributed by atoms with E-state index in [4.69, 9.17) is 0 Å². The van der Waals surface area contributed by atoms with Crippen LogP contribution in [0.3, 0.4) is 0 Å². The third-order valence-corrected chi connectivity index (χ3v) is 3.01. The van der Waals surface area contributed by atoms with E-state index >= 15 is 0 Å². The fraction of sp³-hybridized carbons (Fsp3) is 0.143. The Hall–Kier alpha value is -1.88. The fourth-order valence-corrected chi connectivity index (χ4v) is 1.95. The van der Waals surface area contributed by atoms with Crippen LogP contribution < -0.4 is 5.43 Å². The van der Waals surface area contributed by atoms with Gasteiger partial charge >= 0.3 is 0 Å². The van der Waals surface area contributed by atoms with Gasteiger partial charge in [-0.1, -0.05) is 30.3 Å². The molecule has 0 aliphatic rings. The summed E-state index contributed by atoms with van der Waals surface area (Å²) in [5.41, 5.74) is 4.21. The van der Waals surface area contributed by atoms with Crippen molar-refractivity contribution in [2.75, 3.05) is 0 Å². The number of nitrogens with one attached hydrogen (secondary N) is 2. The molecule has 1 aromatic heterocycles. The highest BCUT2D eigenvalue weighted by Gasteiger charge is 2.05. The first-order chi connectivity index (χ1) is 9.25. The minimum absolute atomic E-state index is 0.248. The Morgan fingerprint density at radius 1 is 1.37 bits per heavy atom. The molecule has 0 unspecified atom stereocenters. The number of aryl methyl sites for hydroxylation is 1. The van der Waals surface area contributed by atoms with Crippen molar-refractivity contribution in [1.29, 1.82) is 0 Å². The van der Waals surface area contributed by atoms with Crippen LogP contribution in [0.15, 0.2) is 52.2 Å². The van der Waals surface area contributed by atoms with Crippen molar-refractivity contribution in [2.24, 2.45) is 5.10 Å². The largest absolute Gasteiger partial charge is 0.356 e. The third kappa shape index (κ3) is 4.37. The van der Waals surface area contributed by atoms with E-state index in [1.54, 1.807) is 18.5 Å². The Kier molecular flexibility index (Phi) is 4.92. The van der Waals surface area contributed by atoms with Crippen molar-refractivity contribution in [3.05, 3.63) is 58.3 Å². The van der Waals surface area contributed by atoms with Crippen LogP contribution in [0.5, 0.6) is 0 Å². The average molecular weight is 320 g/mol. The zero-order valence-electron chi connectivity index (χ0n) is 10.3. The molecule has 98 valence electrons. The molecule has 1 heterocycles. The predicted molar refractivity (Wildman–Crippen MR) is 79.2 cm³/mol. The molecule has 0 fully saturated rings. The van der Waals surface area contributed by atoms with Crippen LogP contribution in [0.1, 0.15) is 22.5 Å². The molecular formula is C14H14BrN3O. The standard InChI is InChI=1S/C14H14BrN3O/c15-12-9-13(16-10-12)14(19)18-17-8-4-7-11-5-2-1-3-6-11/h1-3,5-6,8-10,16H,4,7H2,(H,18,19)/b17-8-. The van der Waals surface area contributed by atoms with Crippen molar-refractivity contribution in [3.8, 4) is 0 Å². The second kappa shape index (κ2) is 6.89. The molecule has 1 aromatic carbocycles. The topological polar surface area (TPSA) is 57.2 Å². The molecule has 0 spiro atoms. The summed E-state index contributed by atoms with van der Waals surface area (Å²) in [5.74, 6) is -0.248. The number of carbonyl (C=O) groups is 1. The van der Waals surface area contributed by atoms with Gasteiger partial charge < -0.3 is 4.98 Å². The van der Waals surface area contributed by atoms with E-state index in [-0.39, 0.29) is 5.91 Å². The smallest absolute Gasteiger partial charge is 0.287 e. The Morgan fingerprint density at radius 3 is 2.84 bits per heavy atom. The van der Waals surface area contributed by atoms with E-state index in [0.717, 1.165) is 17.3 Å². The van der Waals surface area contributed by atoms with Crippen LogP contribution >= 0.6 is 15.9 Å². The molecule has 0 radical (unpaired) electrons. The van der Waals surface area contributed by atoms with Crippen LogP contribution in [-0.2, 0) is 6.42 Å². The summed E-state index contributed by atoms with van der Waals surface area (Å²) in [6, 6.07) is 11.9. The van der Waals surface area contributed by atoms with Crippen LogP contribution in [0.4, 0.5) is 0 Å². The van der Waals surface area contributed by atoms with Gasteiger partial charge in [0.2, 0.25) is 0 Å². The normalized spacial score (nSPS) is 10.8. The molecule has 19 heavy (non-hydrogen) atoms. The zero-order chi connectivity index (χ0) is 13.5. The van der Waals surface area contributed by atoms with E-state index in [1.165, 1.54) is 5.56 Å². The molecule has 1 amide bonds. The molecule has 0 atom stereocenters. The van der Waals surface area contributed by atoms with Crippen molar-refractivity contribution in [3.63, 3.8) is 0 Å². The SMILES string of the molecule is O=C(N/N=C\CCc1ccccc1)c1cc(Br)c[nH]1. The lowest BCUT2D eigenvalue weighted by Crippen LogP contribution is -2.17. The quantitative estimate of drug-likeness (QED) is 0.645. The highest BCUT2D eigenvalue weighted by atomic mass is 79.9. The summed E-state index contributed by atoms with van der Waals surface area (Å²) in [6.07, 6.45) is 5.11. The first kappa shape index (κ1) is 13.5. The van der Waals surface area contributed by atoms with Crippen molar-refractivity contribution < 1.29 is 4.79 Å². The van der Waals surface area contributed by atoms with Gasteiger partial charge in [-0.05, 0) is 40.4 Å². The van der Waals surface area contributed by atoms with Crippen LogP contribution in [0.25, 0.3) is 0 Å². The van der Waals surface area contributed by atoms with Gasteiger partial charge in [-0.3, -0.25) is 4.79 Å². The number of halogens is 1. The van der Waals surface area contributed by atoms with Gasteiger partial charge in [-0.15, -0.1) is 0 Å². The lowest BCUT2D eigenvalue weighted by atomic mass is 10.1. The summed E-state index contributed by atoms with van der Waals surface area (Å²) in [6.45, 7) is 0. The molecule has 4 nitrogen and oxygen atoms in total. The number of carbonyl (C=O) groups excluding carboxylic acids is 1. The highest BCUT2D eigenvalue weighted by Crippen LogP contribution is 2.10. The van der Waals surface area contributed by atoms with Gasteiger partial charge in [-0.25, -0.2) is 5.43 Å². The Balaban J connectivity index is 1.73. The second-order valence-corrected chi connectivity index (χ2v) is 4.92. The van der Waals surface area contributed by atoms with Crippen molar-refractivity contribution >= 4 is 28.1 Å². The van der Waals surface area contributed by atoms with E-state index < -0.39 is 0 Å². The van der Waals surface area contributed by atoms with E-state index in [1.807, 2.05) is 18.2 Å². The molecule has 2 rings (SSSR count). The number of hydrazone groups is 1. The lowest BCUT2D eigenvalue weighted by molar-refractivity contribution is 0.0950. The summed E-state index contributed by atoms with van der Waals surface area (Å²) in [7, 11) is 0. The van der Waals surface area contributed by atoms with Crippen LogP contribution in [-0.4, -0.2) is 17.1 Å². The maximum Gasteiger partial charge on any atom is 0.287 e. The predicted octanol–water partition coefficient (Wildman–Crippen LogP) is 3.13. The summed E-state index contributed by atoms with van der Waals surface area (Å²) >= 11 is 3.27. The van der Waals surface area contributed by atoms with Gasteiger partial charge in [0.25, 0.3) is 5.91 Å². The van der Waals surface area contributed by atoms with Crippen molar-refractivity contribution in [2.45, 2.75) is 12.8 Å². The Labute approximate surface area is 120 Å². The number of hydrogen-bond donors (Lipinski definition) is 2. The molecule has 0 saturated heterocycles. The summed E-state index contributed by atoms with van der Waals surface area (Å²) < 4.78 is 0.839. The van der Waals surface area contributed by atoms with Gasteiger partial charge in [0, 0.05) is 16.9 Å². The Bertz CT molecular complexity index is 563. The number of hydrogen-bond acceptors (Lipinski definition) is 2. The fourth-order valence-electron chi connectivity index (χ4n) is 1.60. The molecule has 5 heteroatoms. The van der Waals surface area contributed by atoms with Gasteiger partial charge in [0.05, 0.1) is 0 Å². The number of aromatic nitrogens is 1. The van der Waals surface area contributed by atoms with Crippen LogP contribution in [0, 0.1) is 0 Å². The van der Waals surface area contributed by atoms with E-state index in [2.05, 4.69) is 43.6 Å². The molecular weight excluding hydrogens is 306 g/mol. The molecule has 0 saturated carbocycles. The number of rotatable bonds is 5. The van der Waals surface area contributed by atoms with E-state index in [0.29, 0.717) is 5.69 Å². The zero-order valence-corrected chi connectivity index (χ0v) is 11.9. The molecule has 2 aromatic rings. The molecule has 0 aliphatic carbocycles. The number of aromatic amines is 1. The summed E-state index contributed by atoms with van der Waals surface area (Å²) in [5, 5.41) is 3.91. The first-order valence-corrected chi connectivity index (χ1v) is 6.75. The van der Waals surface area contributed by atoms with Crippen LogP contribution in [0.2, 0.25) is 0 Å². The average Bonchev–Trinajstić information content (AvgIpc) is 2.86. The molecule has 2 N–H and O–H groups in total. The minimum Gasteiger partial charge on any atom is -0.356 e.